The van der Waals surface area contributed by atoms with Gasteiger partial charge in [0.1, 0.15) is 29.1 Å². The van der Waals surface area contributed by atoms with Crippen molar-refractivity contribution in [3.8, 4) is 23.3 Å². The molecule has 22 heavy (non-hydrogen) atoms. The number of hydrogen-bond donors (Lipinski definition) is 0. The number of methoxy groups -OCH3 is 1. The molecule has 0 heterocycles. The van der Waals surface area contributed by atoms with Crippen molar-refractivity contribution >= 4 is 0 Å². The molecule has 0 aliphatic carbocycles. The van der Waals surface area contributed by atoms with E-state index in [2.05, 4.69) is 0 Å². The van der Waals surface area contributed by atoms with Crippen molar-refractivity contribution in [2.75, 3.05) is 7.11 Å². The third-order valence-electron chi connectivity index (χ3n) is 2.73. The summed E-state index contributed by atoms with van der Waals surface area (Å²) in [5.74, 6) is -1.05. The van der Waals surface area contributed by atoms with Crippen molar-refractivity contribution in [3.05, 3.63) is 53.3 Å². The van der Waals surface area contributed by atoms with Crippen molar-refractivity contribution in [1.29, 1.82) is 5.26 Å². The van der Waals surface area contributed by atoms with Gasteiger partial charge in [-0.2, -0.15) is 18.4 Å². The summed E-state index contributed by atoms with van der Waals surface area (Å²) in [6.45, 7) is 0. The van der Waals surface area contributed by atoms with Gasteiger partial charge in [0.25, 0.3) is 0 Å². The Bertz CT molecular complexity index is 735. The minimum atomic E-state index is -4.70. The van der Waals surface area contributed by atoms with E-state index in [0.717, 1.165) is 6.07 Å². The average Bonchev–Trinajstić information content (AvgIpc) is 2.46. The molecule has 0 bridgehead atoms. The molecule has 0 saturated heterocycles. The Morgan fingerprint density at radius 3 is 2.36 bits per heavy atom. The van der Waals surface area contributed by atoms with Gasteiger partial charge in [-0.25, -0.2) is 4.39 Å². The van der Waals surface area contributed by atoms with Gasteiger partial charge >= 0.3 is 6.18 Å². The Morgan fingerprint density at radius 1 is 1.05 bits per heavy atom. The van der Waals surface area contributed by atoms with E-state index in [1.165, 1.54) is 25.3 Å². The molecule has 3 nitrogen and oxygen atoms in total. The van der Waals surface area contributed by atoms with Crippen LogP contribution in [0.1, 0.15) is 11.1 Å². The summed E-state index contributed by atoms with van der Waals surface area (Å²) in [6, 6.07) is 7.85. The highest BCUT2D eigenvalue weighted by Crippen LogP contribution is 2.35. The molecular weight excluding hydrogens is 302 g/mol. The second-order valence-electron chi connectivity index (χ2n) is 4.25. The predicted octanol–water partition coefficient (Wildman–Crippen LogP) is 4.52. The zero-order valence-corrected chi connectivity index (χ0v) is 11.2. The molecule has 0 aliphatic heterocycles. The van der Waals surface area contributed by atoms with E-state index in [1.54, 1.807) is 0 Å². The molecule has 2 rings (SSSR count). The zero-order valence-electron chi connectivity index (χ0n) is 11.2. The normalized spacial score (nSPS) is 10.9. The van der Waals surface area contributed by atoms with Gasteiger partial charge in [-0.15, -0.1) is 0 Å². The molecule has 0 spiro atoms. The summed E-state index contributed by atoms with van der Waals surface area (Å²) >= 11 is 0. The highest BCUT2D eigenvalue weighted by atomic mass is 19.4. The van der Waals surface area contributed by atoms with E-state index in [4.69, 9.17) is 14.7 Å². The van der Waals surface area contributed by atoms with Crippen molar-refractivity contribution in [3.63, 3.8) is 0 Å². The minimum Gasteiger partial charge on any atom is -0.497 e. The smallest absolute Gasteiger partial charge is 0.416 e. The first-order chi connectivity index (χ1) is 10.3. The first-order valence-electron chi connectivity index (χ1n) is 5.97. The van der Waals surface area contributed by atoms with Gasteiger partial charge in [0, 0.05) is 12.1 Å². The summed E-state index contributed by atoms with van der Waals surface area (Å²) in [7, 11) is 1.40. The van der Waals surface area contributed by atoms with E-state index in [9.17, 15) is 17.6 Å². The van der Waals surface area contributed by atoms with Crippen LogP contribution in [0.25, 0.3) is 0 Å². The zero-order chi connectivity index (χ0) is 16.3. The van der Waals surface area contributed by atoms with E-state index in [0.29, 0.717) is 17.9 Å². The van der Waals surface area contributed by atoms with Crippen LogP contribution in [0.15, 0.2) is 36.4 Å². The van der Waals surface area contributed by atoms with Gasteiger partial charge in [0.2, 0.25) is 0 Å². The lowest BCUT2D eigenvalue weighted by Gasteiger charge is -2.12. The van der Waals surface area contributed by atoms with E-state index >= 15 is 0 Å². The predicted molar refractivity (Wildman–Crippen MR) is 69.2 cm³/mol. The highest BCUT2D eigenvalue weighted by Gasteiger charge is 2.31. The maximum atomic E-state index is 13.3. The van der Waals surface area contributed by atoms with E-state index in [1.807, 2.05) is 6.07 Å². The first-order valence-corrected chi connectivity index (χ1v) is 5.97. The van der Waals surface area contributed by atoms with Gasteiger partial charge < -0.3 is 9.47 Å². The van der Waals surface area contributed by atoms with E-state index < -0.39 is 17.6 Å². The maximum absolute atomic E-state index is 13.3. The van der Waals surface area contributed by atoms with Crippen LogP contribution >= 0.6 is 0 Å². The molecule has 7 heteroatoms. The standard InChI is InChI=1S/C15H9F4NO2/c1-21-12-2-3-14(9(4-12)8-20)22-13-6-10(15(17,18)19)5-11(16)7-13/h2-7H,1H3. The third kappa shape index (κ3) is 3.47. The molecule has 0 aliphatic rings. The topological polar surface area (TPSA) is 42.2 Å². The monoisotopic (exact) mass is 311 g/mol. The molecule has 2 aromatic rings. The van der Waals surface area contributed by atoms with Crippen LogP contribution in [0.3, 0.4) is 0 Å². The molecule has 114 valence electrons. The number of nitriles is 1. The molecule has 0 amide bonds. The van der Waals surface area contributed by atoms with Crippen LogP contribution in [0.5, 0.6) is 17.2 Å². The highest BCUT2D eigenvalue weighted by molar-refractivity contribution is 5.49. The fraction of sp³-hybridized carbons (Fsp3) is 0.133. The van der Waals surface area contributed by atoms with Crippen LogP contribution < -0.4 is 9.47 Å². The number of halogens is 4. The second-order valence-corrected chi connectivity index (χ2v) is 4.25. The summed E-state index contributed by atoms with van der Waals surface area (Å²) < 4.78 is 61.3. The number of hydrogen-bond acceptors (Lipinski definition) is 3. The largest absolute Gasteiger partial charge is 0.497 e. The van der Waals surface area contributed by atoms with Crippen molar-refractivity contribution < 1.29 is 27.0 Å². The Hall–Kier alpha value is -2.75. The minimum absolute atomic E-state index is 0.00187. The van der Waals surface area contributed by atoms with Gasteiger partial charge in [0.05, 0.1) is 18.2 Å². The fourth-order valence-corrected chi connectivity index (χ4v) is 1.72. The molecule has 0 saturated carbocycles. The van der Waals surface area contributed by atoms with Crippen molar-refractivity contribution in [1.82, 2.24) is 0 Å². The summed E-state index contributed by atoms with van der Waals surface area (Å²) in [4.78, 5) is 0. The van der Waals surface area contributed by atoms with Crippen LogP contribution in [-0.4, -0.2) is 7.11 Å². The summed E-state index contributed by atoms with van der Waals surface area (Å²) in [5.41, 5.74) is -1.12. The quantitative estimate of drug-likeness (QED) is 0.783. The Balaban J connectivity index is 2.40. The van der Waals surface area contributed by atoms with Gasteiger partial charge in [-0.1, -0.05) is 0 Å². The molecule has 2 aromatic carbocycles. The number of alkyl halides is 3. The van der Waals surface area contributed by atoms with Crippen molar-refractivity contribution in [2.45, 2.75) is 6.18 Å². The Kier molecular flexibility index (Phi) is 4.22. The molecule has 0 atom stereocenters. The number of ether oxygens (including phenoxy) is 2. The van der Waals surface area contributed by atoms with Crippen LogP contribution in [0.2, 0.25) is 0 Å². The fourth-order valence-electron chi connectivity index (χ4n) is 1.72. The molecule has 0 fully saturated rings. The van der Waals surface area contributed by atoms with E-state index in [-0.39, 0.29) is 17.1 Å². The SMILES string of the molecule is COc1ccc(Oc2cc(F)cc(C(F)(F)F)c2)c(C#N)c1. The van der Waals surface area contributed by atoms with Crippen molar-refractivity contribution in [2.24, 2.45) is 0 Å². The molecule has 0 N–H and O–H groups in total. The maximum Gasteiger partial charge on any atom is 0.416 e. The van der Waals surface area contributed by atoms with Gasteiger partial charge in [-0.05, 0) is 24.3 Å². The second kappa shape index (κ2) is 5.93. The molecule has 0 aromatic heterocycles. The van der Waals surface area contributed by atoms with Crippen LogP contribution in [0.4, 0.5) is 17.6 Å². The van der Waals surface area contributed by atoms with Gasteiger partial charge in [-0.3, -0.25) is 0 Å². The Labute approximate surface area is 123 Å². The number of nitrogens with zero attached hydrogens (tertiary/aromatic N) is 1. The average molecular weight is 311 g/mol. The van der Waals surface area contributed by atoms with Crippen LogP contribution in [-0.2, 0) is 6.18 Å². The molecule has 0 radical (unpaired) electrons. The third-order valence-corrected chi connectivity index (χ3v) is 2.73. The van der Waals surface area contributed by atoms with Crippen LogP contribution in [0, 0.1) is 17.1 Å². The number of benzene rings is 2. The summed E-state index contributed by atoms with van der Waals surface area (Å²) in [6.07, 6.45) is -4.70. The lowest BCUT2D eigenvalue weighted by molar-refractivity contribution is -0.137. The first kappa shape index (κ1) is 15.6. The Morgan fingerprint density at radius 2 is 1.77 bits per heavy atom. The van der Waals surface area contributed by atoms with Gasteiger partial charge in [0.15, 0.2) is 0 Å². The summed E-state index contributed by atoms with van der Waals surface area (Å²) in [5, 5.41) is 9.02. The molecular formula is C15H9F4NO2. The lowest BCUT2D eigenvalue weighted by atomic mass is 10.2. The lowest BCUT2D eigenvalue weighted by Crippen LogP contribution is -2.05. The number of rotatable bonds is 3. The molecule has 0 unspecified atom stereocenters.